The summed E-state index contributed by atoms with van der Waals surface area (Å²) in [6, 6.07) is 5.70. The third-order valence-electron chi connectivity index (χ3n) is 4.80. The zero-order valence-corrected chi connectivity index (χ0v) is 17.9. The van der Waals surface area contributed by atoms with E-state index in [1.807, 2.05) is 11.9 Å². The third-order valence-corrected chi connectivity index (χ3v) is 4.80. The van der Waals surface area contributed by atoms with Crippen LogP contribution in [0.4, 0.5) is 17.5 Å². The molecule has 3 rings (SSSR count). The largest absolute Gasteiger partial charge is 0.382 e. The fraction of sp³-hybridized carbons (Fsp3) is 0.250. The van der Waals surface area contributed by atoms with Gasteiger partial charge >= 0.3 is 0 Å². The number of hydrogen-bond acceptors (Lipinski definition) is 10. The molecular weight excluding hydrogens is 428 g/mol. The van der Waals surface area contributed by atoms with Crippen LogP contribution in [0.15, 0.2) is 30.5 Å². The highest BCUT2D eigenvalue weighted by Crippen LogP contribution is 2.19. The van der Waals surface area contributed by atoms with Crippen molar-refractivity contribution in [3.63, 3.8) is 0 Å². The number of rotatable bonds is 9. The van der Waals surface area contributed by atoms with E-state index >= 15 is 0 Å². The van der Waals surface area contributed by atoms with Crippen molar-refractivity contribution in [2.24, 2.45) is 11.5 Å². The van der Waals surface area contributed by atoms with Gasteiger partial charge in [0.25, 0.3) is 5.91 Å². The molecule has 0 radical (unpaired) electrons. The summed E-state index contributed by atoms with van der Waals surface area (Å²) in [4.78, 5) is 53.4. The number of nitrogens with one attached hydrogen (secondary N) is 1. The number of aromatic nitrogens is 4. The summed E-state index contributed by atoms with van der Waals surface area (Å²) < 4.78 is 0. The van der Waals surface area contributed by atoms with Crippen molar-refractivity contribution in [1.82, 2.24) is 25.3 Å². The Balaban J connectivity index is 1.67. The number of benzene rings is 1. The van der Waals surface area contributed by atoms with E-state index < -0.39 is 23.8 Å². The second-order valence-corrected chi connectivity index (χ2v) is 7.34. The van der Waals surface area contributed by atoms with Crippen molar-refractivity contribution in [3.05, 3.63) is 41.7 Å². The number of hydrogen-bond donors (Lipinski definition) is 5. The zero-order valence-electron chi connectivity index (χ0n) is 17.9. The molecule has 3 aromatic rings. The Hall–Kier alpha value is -4.55. The minimum atomic E-state index is -0.995. The topological polar surface area (TPSA) is 222 Å². The van der Waals surface area contributed by atoms with Crippen LogP contribution in [0.2, 0.25) is 0 Å². The molecule has 0 fully saturated rings. The van der Waals surface area contributed by atoms with Gasteiger partial charge in [0.15, 0.2) is 17.0 Å². The van der Waals surface area contributed by atoms with Gasteiger partial charge in [-0.3, -0.25) is 14.4 Å². The van der Waals surface area contributed by atoms with Gasteiger partial charge in [-0.05, 0) is 30.7 Å². The van der Waals surface area contributed by atoms with Crippen molar-refractivity contribution < 1.29 is 14.4 Å². The van der Waals surface area contributed by atoms with Crippen LogP contribution in [0.25, 0.3) is 11.2 Å². The lowest BCUT2D eigenvalue weighted by molar-refractivity contribution is -0.120. The van der Waals surface area contributed by atoms with Gasteiger partial charge in [-0.15, -0.1) is 0 Å². The van der Waals surface area contributed by atoms with E-state index in [9.17, 15) is 14.4 Å². The number of nitrogen functional groups attached to an aromatic ring is 2. The lowest BCUT2D eigenvalue weighted by Gasteiger charge is -2.19. The Bertz CT molecular complexity index is 1200. The summed E-state index contributed by atoms with van der Waals surface area (Å²) >= 11 is 0. The van der Waals surface area contributed by atoms with Gasteiger partial charge in [-0.25, -0.2) is 9.97 Å². The highest BCUT2D eigenvalue weighted by molar-refractivity contribution is 5.97. The highest BCUT2D eigenvalue weighted by atomic mass is 16.2. The highest BCUT2D eigenvalue weighted by Gasteiger charge is 2.20. The van der Waals surface area contributed by atoms with Crippen molar-refractivity contribution in [1.29, 1.82) is 0 Å². The van der Waals surface area contributed by atoms with E-state index in [1.165, 1.54) is 0 Å². The molecule has 13 heteroatoms. The van der Waals surface area contributed by atoms with Gasteiger partial charge in [-0.1, -0.05) is 0 Å². The van der Waals surface area contributed by atoms with Crippen LogP contribution >= 0.6 is 0 Å². The molecule has 0 aliphatic carbocycles. The summed E-state index contributed by atoms with van der Waals surface area (Å²) in [5, 5.41) is 2.52. The Labute approximate surface area is 188 Å². The molecule has 33 heavy (non-hydrogen) atoms. The van der Waals surface area contributed by atoms with Crippen LogP contribution in [0, 0.1) is 0 Å². The number of carbonyl (C=O) groups excluding carboxylic acids is 3. The molecule has 0 aliphatic heterocycles. The second kappa shape index (κ2) is 9.72. The van der Waals surface area contributed by atoms with E-state index in [2.05, 4.69) is 25.3 Å². The summed E-state index contributed by atoms with van der Waals surface area (Å²) in [7, 11) is 1.84. The van der Waals surface area contributed by atoms with Crippen molar-refractivity contribution in [2.75, 3.05) is 23.4 Å². The molecule has 2 heterocycles. The number of carbonyl (C=O) groups is 3. The van der Waals surface area contributed by atoms with Gasteiger partial charge in [0.2, 0.25) is 17.8 Å². The van der Waals surface area contributed by atoms with Gasteiger partial charge in [0, 0.05) is 24.7 Å². The van der Waals surface area contributed by atoms with E-state index in [0.717, 1.165) is 5.69 Å². The smallest absolute Gasteiger partial charge is 0.251 e. The number of fused-ring (bicyclic) bond motifs is 1. The molecule has 1 atom stereocenters. The first-order valence-electron chi connectivity index (χ1n) is 9.88. The van der Waals surface area contributed by atoms with Crippen LogP contribution in [-0.4, -0.2) is 50.7 Å². The normalized spacial score (nSPS) is 11.7. The number of amides is 3. The van der Waals surface area contributed by atoms with E-state index in [-0.39, 0.29) is 24.6 Å². The Morgan fingerprint density at radius 2 is 1.76 bits per heavy atom. The summed E-state index contributed by atoms with van der Waals surface area (Å²) in [6.45, 7) is 0.398. The molecule has 0 unspecified atom stereocenters. The molecule has 0 bridgehead atoms. The second-order valence-electron chi connectivity index (χ2n) is 7.34. The standard InChI is InChI=1S/C20H24N10O3/c1-30(9-11-8-25-18-15(26-11)16(22)28-20(24)29-18)12-4-2-10(3-5-12)19(33)27-13(17(23)32)6-7-14(21)31/h2-5,8,13H,6-7,9H2,1H3,(H2,21,31)(H2,23,32)(H,27,33)(H4,22,24,25,28,29)/t13-/m0/s1. The van der Waals surface area contributed by atoms with Crippen LogP contribution in [0.5, 0.6) is 0 Å². The fourth-order valence-corrected chi connectivity index (χ4v) is 3.07. The number of nitrogens with zero attached hydrogens (tertiary/aromatic N) is 5. The molecule has 0 aliphatic rings. The maximum absolute atomic E-state index is 12.5. The van der Waals surface area contributed by atoms with Gasteiger partial charge in [0.1, 0.15) is 6.04 Å². The SMILES string of the molecule is CN(Cc1cnc2nc(N)nc(N)c2n1)c1ccc(C(=O)N[C@@H](CCC(N)=O)C(N)=O)cc1. The van der Waals surface area contributed by atoms with E-state index in [4.69, 9.17) is 22.9 Å². The predicted octanol–water partition coefficient (Wildman–Crippen LogP) is -0.930. The number of nitrogens with two attached hydrogens (primary N) is 4. The monoisotopic (exact) mass is 452 g/mol. The lowest BCUT2D eigenvalue weighted by atomic mass is 10.1. The summed E-state index contributed by atoms with van der Waals surface area (Å²) in [5.74, 6) is -1.65. The molecule has 0 saturated heterocycles. The fourth-order valence-electron chi connectivity index (χ4n) is 3.07. The first kappa shape index (κ1) is 23.1. The molecule has 0 saturated carbocycles. The molecule has 9 N–H and O–H groups in total. The number of primary amides is 2. The average molecular weight is 452 g/mol. The molecule has 3 amide bonds. The van der Waals surface area contributed by atoms with Gasteiger partial charge in [0.05, 0.1) is 18.4 Å². The van der Waals surface area contributed by atoms with Crippen LogP contribution in [0.3, 0.4) is 0 Å². The first-order valence-corrected chi connectivity index (χ1v) is 9.88. The van der Waals surface area contributed by atoms with Crippen molar-refractivity contribution in [2.45, 2.75) is 25.4 Å². The van der Waals surface area contributed by atoms with Gasteiger partial charge in [-0.2, -0.15) is 9.97 Å². The van der Waals surface area contributed by atoms with Crippen molar-refractivity contribution >= 4 is 46.3 Å². The third kappa shape index (κ3) is 5.78. The first-order chi connectivity index (χ1) is 15.6. The van der Waals surface area contributed by atoms with E-state index in [0.29, 0.717) is 29.0 Å². The molecular formula is C20H24N10O3. The van der Waals surface area contributed by atoms with Crippen LogP contribution in [0.1, 0.15) is 28.9 Å². The van der Waals surface area contributed by atoms with Gasteiger partial charge < -0.3 is 33.2 Å². The van der Waals surface area contributed by atoms with Crippen LogP contribution in [-0.2, 0) is 16.1 Å². The average Bonchev–Trinajstić information content (AvgIpc) is 2.76. The molecule has 172 valence electrons. The van der Waals surface area contributed by atoms with Crippen molar-refractivity contribution in [3.8, 4) is 0 Å². The Morgan fingerprint density at radius 3 is 2.39 bits per heavy atom. The molecule has 0 spiro atoms. The Kier molecular flexibility index (Phi) is 6.81. The summed E-state index contributed by atoms with van der Waals surface area (Å²) in [6.07, 6.45) is 1.54. The maximum atomic E-state index is 12.5. The zero-order chi connectivity index (χ0) is 24.1. The Morgan fingerprint density at radius 1 is 1.06 bits per heavy atom. The predicted molar refractivity (Wildman–Crippen MR) is 121 cm³/mol. The molecule has 2 aromatic heterocycles. The molecule has 13 nitrogen and oxygen atoms in total. The maximum Gasteiger partial charge on any atom is 0.251 e. The minimum Gasteiger partial charge on any atom is -0.382 e. The van der Waals surface area contributed by atoms with E-state index in [1.54, 1.807) is 30.5 Å². The quantitative estimate of drug-likeness (QED) is 0.268. The minimum absolute atomic E-state index is 0.0262. The number of anilines is 3. The summed E-state index contributed by atoms with van der Waals surface area (Å²) in [5.41, 5.74) is 24.2. The lowest BCUT2D eigenvalue weighted by Crippen LogP contribution is -2.44. The van der Waals surface area contributed by atoms with Crippen LogP contribution < -0.4 is 33.2 Å². The molecule has 1 aromatic carbocycles.